The first-order chi connectivity index (χ1) is 7.77. The van der Waals surface area contributed by atoms with Crippen molar-refractivity contribution >= 4 is 10.8 Å². The topological polar surface area (TPSA) is 35.5 Å². The van der Waals surface area contributed by atoms with Crippen LogP contribution < -0.4 is 0 Å². The molecule has 3 nitrogen and oxygen atoms in total. The average molecular weight is 248 g/mol. The van der Waals surface area contributed by atoms with Gasteiger partial charge in [-0.1, -0.05) is 12.8 Å². The molecule has 1 rings (SSSR count). The van der Waals surface area contributed by atoms with E-state index in [-0.39, 0.29) is 6.29 Å². The molecule has 0 aromatic carbocycles. The predicted octanol–water partition coefficient (Wildman–Crippen LogP) is 2.47. The van der Waals surface area contributed by atoms with Crippen LogP contribution in [-0.2, 0) is 20.3 Å². The molecule has 1 atom stereocenters. The zero-order valence-corrected chi connectivity index (χ0v) is 11.3. The molecule has 0 aromatic heterocycles. The third kappa shape index (κ3) is 4.93. The predicted molar refractivity (Wildman–Crippen MR) is 66.9 cm³/mol. The van der Waals surface area contributed by atoms with E-state index in [0.717, 1.165) is 25.0 Å². The van der Waals surface area contributed by atoms with Gasteiger partial charge in [-0.15, -0.1) is 0 Å². The first-order valence-electron chi connectivity index (χ1n) is 6.38. The maximum Gasteiger partial charge on any atom is 0.158 e. The summed E-state index contributed by atoms with van der Waals surface area (Å²) < 4.78 is 22.8. The van der Waals surface area contributed by atoms with E-state index in [4.69, 9.17) is 9.47 Å². The molecule has 0 saturated heterocycles. The second kappa shape index (κ2) is 8.20. The van der Waals surface area contributed by atoms with Gasteiger partial charge < -0.3 is 9.47 Å². The molecule has 1 unspecified atom stereocenters. The van der Waals surface area contributed by atoms with Gasteiger partial charge in [0.1, 0.15) is 0 Å². The molecular weight excluding hydrogens is 224 g/mol. The smallest absolute Gasteiger partial charge is 0.158 e. The fourth-order valence-corrected chi connectivity index (χ4v) is 3.73. The molecule has 4 heteroatoms. The van der Waals surface area contributed by atoms with Crippen LogP contribution in [0.4, 0.5) is 0 Å². The summed E-state index contributed by atoms with van der Waals surface area (Å²) in [5.41, 5.74) is 0. The Morgan fingerprint density at radius 2 is 1.75 bits per heavy atom. The fraction of sp³-hybridized carbons (Fsp3) is 1.00. The Morgan fingerprint density at radius 1 is 1.19 bits per heavy atom. The molecule has 1 fully saturated rings. The zero-order chi connectivity index (χ0) is 11.8. The van der Waals surface area contributed by atoms with E-state index in [2.05, 4.69) is 0 Å². The van der Waals surface area contributed by atoms with Crippen molar-refractivity contribution in [1.29, 1.82) is 0 Å². The maximum absolute atomic E-state index is 12.0. The normalized spacial score (nSPS) is 19.4. The summed E-state index contributed by atoms with van der Waals surface area (Å²) in [6.45, 7) is 5.22. The Bertz CT molecular complexity index is 196. The van der Waals surface area contributed by atoms with E-state index >= 15 is 0 Å². The van der Waals surface area contributed by atoms with Crippen LogP contribution in [-0.4, -0.2) is 34.7 Å². The van der Waals surface area contributed by atoms with Gasteiger partial charge in [0.15, 0.2) is 6.29 Å². The lowest BCUT2D eigenvalue weighted by atomic mass is 10.4. The standard InChI is InChI=1S/C12H24O3S/c1-3-14-12(15-4-2)9-10-16(13)11-7-5-6-8-11/h11-12H,3-10H2,1-2H3. The number of hydrogen-bond acceptors (Lipinski definition) is 3. The first kappa shape index (κ1) is 14.1. The Labute approximate surface area is 101 Å². The van der Waals surface area contributed by atoms with Crippen LogP contribution in [0.1, 0.15) is 46.0 Å². The zero-order valence-electron chi connectivity index (χ0n) is 10.4. The van der Waals surface area contributed by atoms with Gasteiger partial charge in [0, 0.05) is 41.4 Å². The van der Waals surface area contributed by atoms with Crippen LogP contribution in [0.5, 0.6) is 0 Å². The monoisotopic (exact) mass is 248 g/mol. The van der Waals surface area contributed by atoms with Crippen molar-refractivity contribution in [1.82, 2.24) is 0 Å². The summed E-state index contributed by atoms with van der Waals surface area (Å²) in [5, 5.41) is 0.434. The largest absolute Gasteiger partial charge is 0.353 e. The summed E-state index contributed by atoms with van der Waals surface area (Å²) in [6.07, 6.45) is 5.36. The van der Waals surface area contributed by atoms with E-state index < -0.39 is 10.8 Å². The molecular formula is C12H24O3S. The van der Waals surface area contributed by atoms with Crippen molar-refractivity contribution in [2.24, 2.45) is 0 Å². The van der Waals surface area contributed by atoms with Gasteiger partial charge in [0.25, 0.3) is 0 Å². The van der Waals surface area contributed by atoms with Crippen molar-refractivity contribution in [2.45, 2.75) is 57.5 Å². The second-order valence-electron chi connectivity index (χ2n) is 4.12. The minimum absolute atomic E-state index is 0.166. The van der Waals surface area contributed by atoms with Crippen LogP contribution in [0, 0.1) is 0 Å². The fourth-order valence-electron chi connectivity index (χ4n) is 2.12. The van der Waals surface area contributed by atoms with Gasteiger partial charge in [-0.3, -0.25) is 4.21 Å². The van der Waals surface area contributed by atoms with Crippen molar-refractivity contribution in [2.75, 3.05) is 19.0 Å². The number of ether oxygens (including phenoxy) is 2. The first-order valence-corrected chi connectivity index (χ1v) is 7.76. The van der Waals surface area contributed by atoms with E-state index in [1.165, 1.54) is 12.8 Å². The lowest BCUT2D eigenvalue weighted by molar-refractivity contribution is -0.136. The Balaban J connectivity index is 2.21. The summed E-state index contributed by atoms with van der Waals surface area (Å²) in [5.74, 6) is 0.718. The number of rotatable bonds is 8. The highest BCUT2D eigenvalue weighted by Crippen LogP contribution is 2.23. The van der Waals surface area contributed by atoms with Gasteiger partial charge in [-0.2, -0.15) is 0 Å². The molecule has 1 aliphatic carbocycles. The molecule has 1 aliphatic rings. The van der Waals surface area contributed by atoms with Crippen LogP contribution in [0.25, 0.3) is 0 Å². The van der Waals surface area contributed by atoms with Crippen molar-refractivity contribution in [3.05, 3.63) is 0 Å². The molecule has 16 heavy (non-hydrogen) atoms. The van der Waals surface area contributed by atoms with Crippen molar-refractivity contribution < 1.29 is 13.7 Å². The van der Waals surface area contributed by atoms with Gasteiger partial charge in [0.2, 0.25) is 0 Å². The molecule has 0 bridgehead atoms. The Hall–Kier alpha value is 0.0700. The third-order valence-electron chi connectivity index (χ3n) is 2.93. The SMILES string of the molecule is CCOC(CCS(=O)C1CCCC1)OCC. The van der Waals surface area contributed by atoms with Crippen LogP contribution in [0.3, 0.4) is 0 Å². The molecule has 0 heterocycles. The van der Waals surface area contributed by atoms with Gasteiger partial charge >= 0.3 is 0 Å². The second-order valence-corrected chi connectivity index (χ2v) is 5.96. The van der Waals surface area contributed by atoms with Gasteiger partial charge in [0.05, 0.1) is 0 Å². The molecule has 0 aliphatic heterocycles. The lowest BCUT2D eigenvalue weighted by Gasteiger charge is -2.17. The van der Waals surface area contributed by atoms with E-state index in [1.807, 2.05) is 13.8 Å². The van der Waals surface area contributed by atoms with Crippen LogP contribution >= 0.6 is 0 Å². The van der Waals surface area contributed by atoms with Gasteiger partial charge in [-0.25, -0.2) is 0 Å². The quantitative estimate of drug-likeness (QED) is 0.619. The molecule has 0 spiro atoms. The summed E-state index contributed by atoms with van der Waals surface area (Å²) in [4.78, 5) is 0. The highest BCUT2D eigenvalue weighted by atomic mass is 32.2. The van der Waals surface area contributed by atoms with E-state index in [9.17, 15) is 4.21 Å². The van der Waals surface area contributed by atoms with E-state index in [1.54, 1.807) is 0 Å². The minimum atomic E-state index is -0.683. The minimum Gasteiger partial charge on any atom is -0.353 e. The van der Waals surface area contributed by atoms with Crippen molar-refractivity contribution in [3.8, 4) is 0 Å². The van der Waals surface area contributed by atoms with E-state index in [0.29, 0.717) is 18.5 Å². The summed E-state index contributed by atoms with van der Waals surface area (Å²) >= 11 is 0. The average Bonchev–Trinajstić information content (AvgIpc) is 2.79. The van der Waals surface area contributed by atoms with Crippen LogP contribution in [0.2, 0.25) is 0 Å². The Morgan fingerprint density at radius 3 is 2.25 bits per heavy atom. The van der Waals surface area contributed by atoms with Crippen LogP contribution in [0.15, 0.2) is 0 Å². The summed E-state index contributed by atoms with van der Waals surface area (Å²) in [6, 6.07) is 0. The summed E-state index contributed by atoms with van der Waals surface area (Å²) in [7, 11) is -0.683. The molecule has 0 radical (unpaired) electrons. The highest BCUT2D eigenvalue weighted by Gasteiger charge is 2.22. The molecule has 96 valence electrons. The highest BCUT2D eigenvalue weighted by molar-refractivity contribution is 7.85. The lowest BCUT2D eigenvalue weighted by Crippen LogP contribution is -2.22. The molecule has 0 amide bonds. The molecule has 1 saturated carbocycles. The number of hydrogen-bond donors (Lipinski definition) is 0. The Kier molecular flexibility index (Phi) is 7.25. The molecule has 0 N–H and O–H groups in total. The van der Waals surface area contributed by atoms with Crippen molar-refractivity contribution in [3.63, 3.8) is 0 Å². The molecule has 0 aromatic rings. The van der Waals surface area contributed by atoms with Gasteiger partial charge in [-0.05, 0) is 26.7 Å². The third-order valence-corrected chi connectivity index (χ3v) is 4.79. The maximum atomic E-state index is 12.0.